The normalized spacial score (nSPS) is 16.1. The average molecular weight is 202 g/mol. The molecule has 0 aromatic heterocycles. The maximum Gasteiger partial charge on any atom is 0.0721 e. The molecule has 0 spiro atoms. The lowest BCUT2D eigenvalue weighted by molar-refractivity contribution is 0.141. The summed E-state index contributed by atoms with van der Waals surface area (Å²) in [6.07, 6.45) is 3.82. The second kappa shape index (κ2) is 5.13. The Labute approximate surface area is 91.8 Å². The number of benzene rings is 1. The molecule has 0 unspecified atom stereocenters. The second-order valence-corrected chi connectivity index (χ2v) is 4.22. The molecule has 0 saturated heterocycles. The van der Waals surface area contributed by atoms with Gasteiger partial charge >= 0.3 is 0 Å². The molecule has 1 heteroatoms. The molecule has 0 saturated carbocycles. The molecule has 0 amide bonds. The number of hydrogen-bond donors (Lipinski definition) is 0. The largest absolute Gasteiger partial charge is 0.372 e. The van der Waals surface area contributed by atoms with E-state index in [9.17, 15) is 0 Å². The van der Waals surface area contributed by atoms with Crippen LogP contribution in [0.25, 0.3) is 0 Å². The van der Waals surface area contributed by atoms with E-state index in [4.69, 9.17) is 4.74 Å². The summed E-state index contributed by atoms with van der Waals surface area (Å²) in [7, 11) is 0. The van der Waals surface area contributed by atoms with Crippen LogP contribution in [0.1, 0.15) is 31.7 Å². The highest BCUT2D eigenvalue weighted by molar-refractivity contribution is 5.18. The third-order valence-corrected chi connectivity index (χ3v) is 3.02. The predicted octanol–water partition coefficient (Wildman–Crippen LogP) is 3.70. The zero-order valence-corrected chi connectivity index (χ0v) is 9.33. The fraction of sp³-hybridized carbons (Fsp3) is 0.429. The van der Waals surface area contributed by atoms with Gasteiger partial charge in [0.25, 0.3) is 0 Å². The average Bonchev–Trinajstić information content (AvgIpc) is 2.66. The lowest BCUT2D eigenvalue weighted by atomic mass is 10.2. The van der Waals surface area contributed by atoms with Gasteiger partial charge < -0.3 is 4.74 Å². The van der Waals surface area contributed by atoms with Gasteiger partial charge in [-0.25, -0.2) is 0 Å². The van der Waals surface area contributed by atoms with Crippen molar-refractivity contribution in [2.24, 2.45) is 0 Å². The quantitative estimate of drug-likeness (QED) is 0.676. The van der Waals surface area contributed by atoms with Gasteiger partial charge in [-0.15, -0.1) is 0 Å². The Kier molecular flexibility index (Phi) is 3.57. The number of hydrogen-bond acceptors (Lipinski definition) is 1. The Hall–Kier alpha value is -1.08. The Bertz CT molecular complexity index is 338. The van der Waals surface area contributed by atoms with Crippen LogP contribution in [0.15, 0.2) is 41.5 Å². The van der Waals surface area contributed by atoms with E-state index in [-0.39, 0.29) is 0 Å². The Morgan fingerprint density at radius 1 is 1.07 bits per heavy atom. The standard InChI is InChI=1S/C14H18O/c1-12-6-5-9-14(12)11-15-10-13-7-3-2-4-8-13/h2-4,7-8H,5-6,9-11H2,1H3. The fourth-order valence-corrected chi connectivity index (χ4v) is 2.02. The van der Waals surface area contributed by atoms with Crippen molar-refractivity contribution in [3.05, 3.63) is 47.0 Å². The van der Waals surface area contributed by atoms with Gasteiger partial charge in [0.15, 0.2) is 0 Å². The molecule has 1 aliphatic rings. The Morgan fingerprint density at radius 3 is 2.53 bits per heavy atom. The molecule has 1 aliphatic carbocycles. The van der Waals surface area contributed by atoms with E-state index in [1.54, 1.807) is 5.57 Å². The van der Waals surface area contributed by atoms with E-state index in [0.717, 1.165) is 13.2 Å². The summed E-state index contributed by atoms with van der Waals surface area (Å²) in [5, 5.41) is 0. The number of ether oxygens (including phenoxy) is 1. The molecule has 15 heavy (non-hydrogen) atoms. The van der Waals surface area contributed by atoms with Gasteiger partial charge in [-0.1, -0.05) is 35.9 Å². The number of rotatable bonds is 4. The van der Waals surface area contributed by atoms with Gasteiger partial charge in [-0.2, -0.15) is 0 Å². The Morgan fingerprint density at radius 2 is 1.87 bits per heavy atom. The lowest BCUT2D eigenvalue weighted by Gasteiger charge is -2.06. The minimum atomic E-state index is 0.734. The molecule has 0 N–H and O–H groups in total. The molecule has 80 valence electrons. The molecule has 1 aromatic rings. The first-order valence-electron chi connectivity index (χ1n) is 5.65. The zero-order chi connectivity index (χ0) is 10.5. The molecule has 1 nitrogen and oxygen atoms in total. The molecule has 0 bridgehead atoms. The van der Waals surface area contributed by atoms with E-state index in [2.05, 4.69) is 31.2 Å². The Balaban J connectivity index is 1.78. The van der Waals surface area contributed by atoms with Crippen LogP contribution < -0.4 is 0 Å². The van der Waals surface area contributed by atoms with Crippen molar-refractivity contribution < 1.29 is 4.74 Å². The van der Waals surface area contributed by atoms with Gasteiger partial charge in [0.2, 0.25) is 0 Å². The molecule has 0 atom stereocenters. The summed E-state index contributed by atoms with van der Waals surface area (Å²) >= 11 is 0. The molecule has 0 radical (unpaired) electrons. The molecule has 0 fully saturated rings. The maximum atomic E-state index is 5.72. The van der Waals surface area contributed by atoms with Crippen LogP contribution in [0.4, 0.5) is 0 Å². The van der Waals surface area contributed by atoms with Crippen LogP contribution in [0.5, 0.6) is 0 Å². The van der Waals surface area contributed by atoms with Gasteiger partial charge in [-0.3, -0.25) is 0 Å². The van der Waals surface area contributed by atoms with Crippen molar-refractivity contribution in [2.75, 3.05) is 6.61 Å². The topological polar surface area (TPSA) is 9.23 Å². The highest BCUT2D eigenvalue weighted by Crippen LogP contribution is 2.25. The van der Waals surface area contributed by atoms with Crippen LogP contribution >= 0.6 is 0 Å². The number of allylic oxidation sites excluding steroid dienone is 1. The van der Waals surface area contributed by atoms with E-state index in [0.29, 0.717) is 0 Å². The van der Waals surface area contributed by atoms with Crippen molar-refractivity contribution in [3.63, 3.8) is 0 Å². The third kappa shape index (κ3) is 2.93. The zero-order valence-electron chi connectivity index (χ0n) is 9.33. The maximum absolute atomic E-state index is 5.72. The summed E-state index contributed by atoms with van der Waals surface area (Å²) < 4.78 is 5.72. The third-order valence-electron chi connectivity index (χ3n) is 3.02. The lowest BCUT2D eigenvalue weighted by Crippen LogP contribution is -1.98. The van der Waals surface area contributed by atoms with Crippen molar-refractivity contribution in [3.8, 4) is 0 Å². The van der Waals surface area contributed by atoms with E-state index in [1.807, 2.05) is 6.07 Å². The SMILES string of the molecule is CC1=C(COCc2ccccc2)CCC1. The van der Waals surface area contributed by atoms with Crippen molar-refractivity contribution in [2.45, 2.75) is 32.8 Å². The van der Waals surface area contributed by atoms with Crippen LogP contribution in [0.3, 0.4) is 0 Å². The molecular formula is C14H18O. The smallest absolute Gasteiger partial charge is 0.0721 e. The van der Waals surface area contributed by atoms with Gasteiger partial charge in [0, 0.05) is 0 Å². The van der Waals surface area contributed by atoms with Crippen LogP contribution in [0.2, 0.25) is 0 Å². The van der Waals surface area contributed by atoms with Crippen molar-refractivity contribution in [1.82, 2.24) is 0 Å². The molecule has 0 heterocycles. The summed E-state index contributed by atoms with van der Waals surface area (Å²) in [6.45, 7) is 3.78. The van der Waals surface area contributed by atoms with Gasteiger partial charge in [0.05, 0.1) is 13.2 Å². The summed E-state index contributed by atoms with van der Waals surface area (Å²) in [6, 6.07) is 10.4. The fourth-order valence-electron chi connectivity index (χ4n) is 2.02. The molecule has 2 rings (SSSR count). The van der Waals surface area contributed by atoms with Gasteiger partial charge in [-0.05, 0) is 37.3 Å². The van der Waals surface area contributed by atoms with Crippen LogP contribution in [-0.4, -0.2) is 6.61 Å². The van der Waals surface area contributed by atoms with E-state index < -0.39 is 0 Å². The first-order valence-corrected chi connectivity index (χ1v) is 5.65. The molecule has 0 aliphatic heterocycles. The van der Waals surface area contributed by atoms with Crippen LogP contribution in [-0.2, 0) is 11.3 Å². The predicted molar refractivity (Wildman–Crippen MR) is 62.6 cm³/mol. The first-order chi connectivity index (χ1) is 7.36. The second-order valence-electron chi connectivity index (χ2n) is 4.22. The molecular weight excluding hydrogens is 184 g/mol. The highest BCUT2D eigenvalue weighted by atomic mass is 16.5. The summed E-state index contributed by atoms with van der Waals surface area (Å²) in [5.74, 6) is 0. The minimum absolute atomic E-state index is 0.734. The van der Waals surface area contributed by atoms with E-state index in [1.165, 1.54) is 30.4 Å². The summed E-state index contributed by atoms with van der Waals surface area (Å²) in [4.78, 5) is 0. The van der Waals surface area contributed by atoms with Crippen molar-refractivity contribution in [1.29, 1.82) is 0 Å². The highest BCUT2D eigenvalue weighted by Gasteiger charge is 2.10. The first kappa shape index (κ1) is 10.4. The minimum Gasteiger partial charge on any atom is -0.372 e. The monoisotopic (exact) mass is 202 g/mol. The van der Waals surface area contributed by atoms with Gasteiger partial charge in [0.1, 0.15) is 0 Å². The molecule has 1 aromatic carbocycles. The van der Waals surface area contributed by atoms with E-state index >= 15 is 0 Å². The van der Waals surface area contributed by atoms with Crippen molar-refractivity contribution >= 4 is 0 Å². The summed E-state index contributed by atoms with van der Waals surface area (Å²) in [5.41, 5.74) is 4.32. The van der Waals surface area contributed by atoms with Crippen LogP contribution in [0, 0.1) is 0 Å².